The number of urea groups is 1. The molecule has 0 unspecified atom stereocenters. The van der Waals surface area contributed by atoms with Crippen molar-refractivity contribution in [3.8, 4) is 17.6 Å². The fourth-order valence-electron chi connectivity index (χ4n) is 1.80. The average Bonchev–Trinajstić information content (AvgIpc) is 2.50. The molecule has 0 spiro atoms. The lowest BCUT2D eigenvalue weighted by Crippen LogP contribution is -2.19. The number of nitrogen functional groups attached to an aromatic ring is 1. The molecule has 7 heteroatoms. The first-order chi connectivity index (χ1) is 10.5. The van der Waals surface area contributed by atoms with Gasteiger partial charge in [-0.15, -0.1) is 0 Å². The van der Waals surface area contributed by atoms with E-state index < -0.39 is 6.03 Å². The van der Waals surface area contributed by atoms with Crippen LogP contribution in [0.1, 0.15) is 5.56 Å². The van der Waals surface area contributed by atoms with Crippen molar-refractivity contribution in [2.75, 3.05) is 23.5 Å². The van der Waals surface area contributed by atoms with Gasteiger partial charge in [-0.05, 0) is 24.3 Å². The van der Waals surface area contributed by atoms with Gasteiger partial charge in [0.1, 0.15) is 17.6 Å². The predicted molar refractivity (Wildman–Crippen MR) is 82.9 cm³/mol. The first-order valence-electron chi connectivity index (χ1n) is 6.28. The molecule has 2 amide bonds. The van der Waals surface area contributed by atoms with Crippen LogP contribution in [0.4, 0.5) is 21.9 Å². The molecule has 0 aliphatic carbocycles. The van der Waals surface area contributed by atoms with E-state index in [1.807, 2.05) is 6.07 Å². The minimum absolute atomic E-state index is 0.132. The second-order valence-electron chi connectivity index (χ2n) is 4.38. The quantitative estimate of drug-likeness (QED) is 0.512. The van der Waals surface area contributed by atoms with E-state index in [0.717, 1.165) is 0 Å². The predicted octanol–water partition coefficient (Wildman–Crippen LogP) is 2.50. The third kappa shape index (κ3) is 3.37. The number of nitrogens with one attached hydrogen (secondary N) is 2. The number of methoxy groups -OCH3 is 1. The van der Waals surface area contributed by atoms with Gasteiger partial charge >= 0.3 is 6.03 Å². The van der Waals surface area contributed by atoms with Crippen LogP contribution in [-0.2, 0) is 0 Å². The molecule has 0 aliphatic rings. The van der Waals surface area contributed by atoms with Gasteiger partial charge in [0.15, 0.2) is 0 Å². The number of ether oxygens (including phenoxy) is 1. The Bertz CT molecular complexity index is 753. The first kappa shape index (κ1) is 15.0. The van der Waals surface area contributed by atoms with Crippen LogP contribution in [0.5, 0.6) is 11.5 Å². The number of carbonyl (C=O) groups is 1. The minimum atomic E-state index is -0.549. The summed E-state index contributed by atoms with van der Waals surface area (Å²) in [7, 11) is 1.44. The Labute approximate surface area is 126 Å². The van der Waals surface area contributed by atoms with Crippen LogP contribution in [0.15, 0.2) is 36.4 Å². The number of anilines is 3. The smallest absolute Gasteiger partial charge is 0.323 e. The maximum atomic E-state index is 11.9. The second kappa shape index (κ2) is 6.37. The molecule has 22 heavy (non-hydrogen) atoms. The second-order valence-corrected chi connectivity index (χ2v) is 4.38. The van der Waals surface area contributed by atoms with Crippen LogP contribution in [0, 0.1) is 11.3 Å². The van der Waals surface area contributed by atoms with E-state index in [1.54, 1.807) is 12.1 Å². The lowest BCUT2D eigenvalue weighted by molar-refractivity contribution is 0.262. The van der Waals surface area contributed by atoms with Crippen LogP contribution in [0.3, 0.4) is 0 Å². The molecule has 2 aromatic rings. The number of nitrogens with zero attached hydrogens (tertiary/aromatic N) is 1. The maximum Gasteiger partial charge on any atom is 0.323 e. The number of carbonyl (C=O) groups excluding carboxylic acids is 1. The van der Waals surface area contributed by atoms with E-state index >= 15 is 0 Å². The monoisotopic (exact) mass is 298 g/mol. The molecule has 0 atom stereocenters. The molecule has 0 heterocycles. The number of hydrogen-bond acceptors (Lipinski definition) is 5. The van der Waals surface area contributed by atoms with E-state index in [2.05, 4.69) is 10.6 Å². The Morgan fingerprint density at radius 3 is 2.68 bits per heavy atom. The summed E-state index contributed by atoms with van der Waals surface area (Å²) in [6, 6.07) is 10.4. The molecule has 112 valence electrons. The number of aromatic hydroxyl groups is 1. The van der Waals surface area contributed by atoms with Crippen molar-refractivity contribution in [3.05, 3.63) is 42.0 Å². The van der Waals surface area contributed by atoms with Crippen molar-refractivity contribution in [1.82, 2.24) is 0 Å². The van der Waals surface area contributed by atoms with Gasteiger partial charge < -0.3 is 26.2 Å². The molecule has 0 saturated carbocycles. The first-order valence-corrected chi connectivity index (χ1v) is 6.28. The lowest BCUT2D eigenvalue weighted by Gasteiger charge is -2.11. The van der Waals surface area contributed by atoms with Crippen LogP contribution in [0.25, 0.3) is 0 Å². The molecule has 5 N–H and O–H groups in total. The molecule has 0 radical (unpaired) electrons. The average molecular weight is 298 g/mol. The maximum absolute atomic E-state index is 11.9. The van der Waals surface area contributed by atoms with E-state index in [1.165, 1.54) is 31.4 Å². The molecule has 2 aromatic carbocycles. The molecule has 0 aromatic heterocycles. The zero-order valence-corrected chi connectivity index (χ0v) is 11.8. The van der Waals surface area contributed by atoms with Crippen molar-refractivity contribution >= 4 is 23.1 Å². The van der Waals surface area contributed by atoms with E-state index in [9.17, 15) is 9.90 Å². The third-order valence-electron chi connectivity index (χ3n) is 2.85. The number of hydrogen-bond donors (Lipinski definition) is 4. The number of phenolic OH excluding ortho intramolecular Hbond substituents is 1. The zero-order chi connectivity index (χ0) is 16.1. The van der Waals surface area contributed by atoms with Crippen molar-refractivity contribution < 1.29 is 14.6 Å². The molecule has 0 fully saturated rings. The fraction of sp³-hybridized carbons (Fsp3) is 0.0667. The summed E-state index contributed by atoms with van der Waals surface area (Å²) in [6.45, 7) is 0. The highest BCUT2D eigenvalue weighted by atomic mass is 16.5. The fourth-order valence-corrected chi connectivity index (χ4v) is 1.80. The summed E-state index contributed by atoms with van der Waals surface area (Å²) >= 11 is 0. The van der Waals surface area contributed by atoms with E-state index in [-0.39, 0.29) is 11.4 Å². The number of amides is 2. The van der Waals surface area contributed by atoms with Crippen molar-refractivity contribution in [2.24, 2.45) is 0 Å². The summed E-state index contributed by atoms with van der Waals surface area (Å²) in [5.74, 6) is 0.225. The van der Waals surface area contributed by atoms with Crippen LogP contribution in [0.2, 0.25) is 0 Å². The summed E-state index contributed by atoms with van der Waals surface area (Å²) in [5.41, 5.74) is 6.94. The molecule has 0 bridgehead atoms. The Balaban J connectivity index is 2.11. The van der Waals surface area contributed by atoms with Gasteiger partial charge in [-0.2, -0.15) is 5.26 Å². The molecular weight excluding hydrogens is 284 g/mol. The van der Waals surface area contributed by atoms with Gasteiger partial charge in [0, 0.05) is 23.5 Å². The largest absolute Gasteiger partial charge is 0.506 e. The highest BCUT2D eigenvalue weighted by molar-refractivity contribution is 6.00. The number of nitrogens with two attached hydrogens (primary N) is 1. The molecule has 7 nitrogen and oxygen atoms in total. The van der Waals surface area contributed by atoms with Crippen molar-refractivity contribution in [1.29, 1.82) is 5.26 Å². The molecular formula is C15H14N4O3. The minimum Gasteiger partial charge on any atom is -0.506 e. The van der Waals surface area contributed by atoms with E-state index in [0.29, 0.717) is 22.7 Å². The van der Waals surface area contributed by atoms with Crippen molar-refractivity contribution in [2.45, 2.75) is 0 Å². The van der Waals surface area contributed by atoms with Gasteiger partial charge in [-0.3, -0.25) is 0 Å². The number of rotatable bonds is 3. The highest BCUT2D eigenvalue weighted by Crippen LogP contribution is 2.26. The summed E-state index contributed by atoms with van der Waals surface area (Å²) in [6.07, 6.45) is 0. The Hall–Kier alpha value is -3.40. The Morgan fingerprint density at radius 1 is 1.27 bits per heavy atom. The summed E-state index contributed by atoms with van der Waals surface area (Å²) in [4.78, 5) is 11.9. The molecule has 0 saturated heterocycles. The van der Waals surface area contributed by atoms with E-state index in [4.69, 9.17) is 15.7 Å². The van der Waals surface area contributed by atoms with Gasteiger partial charge in [-0.1, -0.05) is 0 Å². The van der Waals surface area contributed by atoms with Crippen LogP contribution < -0.4 is 21.1 Å². The van der Waals surface area contributed by atoms with Gasteiger partial charge in [0.25, 0.3) is 0 Å². The van der Waals surface area contributed by atoms with Gasteiger partial charge in [0.2, 0.25) is 0 Å². The van der Waals surface area contributed by atoms with Gasteiger partial charge in [-0.25, -0.2) is 4.79 Å². The Kier molecular flexibility index (Phi) is 4.34. The van der Waals surface area contributed by atoms with Crippen molar-refractivity contribution in [3.63, 3.8) is 0 Å². The van der Waals surface area contributed by atoms with Gasteiger partial charge in [0.05, 0.1) is 18.4 Å². The molecule has 2 rings (SSSR count). The van der Waals surface area contributed by atoms with Crippen LogP contribution in [-0.4, -0.2) is 18.2 Å². The highest BCUT2D eigenvalue weighted by Gasteiger charge is 2.09. The summed E-state index contributed by atoms with van der Waals surface area (Å²) in [5, 5.41) is 23.6. The Morgan fingerprint density at radius 2 is 2.05 bits per heavy atom. The number of benzene rings is 2. The zero-order valence-electron chi connectivity index (χ0n) is 11.8. The lowest BCUT2D eigenvalue weighted by atomic mass is 10.2. The topological polar surface area (TPSA) is 120 Å². The summed E-state index contributed by atoms with van der Waals surface area (Å²) < 4.78 is 5.06. The standard InChI is InChI=1S/C15H14N4O3/c1-22-14-7-11(4-2-9(14)8-16)18-15(21)19-12-5-3-10(17)6-13(12)20/h2-7,20H,17H2,1H3,(H2,18,19,21). The SMILES string of the molecule is COc1cc(NC(=O)Nc2ccc(N)cc2O)ccc1C#N. The number of phenols is 1. The third-order valence-corrected chi connectivity index (χ3v) is 2.85. The molecule has 0 aliphatic heterocycles. The normalized spacial score (nSPS) is 9.64. The van der Waals surface area contributed by atoms with Crippen LogP contribution >= 0.6 is 0 Å². The number of nitriles is 1.